The summed E-state index contributed by atoms with van der Waals surface area (Å²) < 4.78 is 31.9. The maximum Gasteiger partial charge on any atom is 0.167 e. The fraction of sp³-hybridized carbons (Fsp3) is 0.0714. The van der Waals surface area contributed by atoms with Crippen LogP contribution in [0.1, 0.15) is 10.4 Å². The molecule has 0 atom stereocenters. The number of hydrogen-bond donors (Lipinski definition) is 0. The van der Waals surface area contributed by atoms with E-state index in [4.69, 9.17) is 4.74 Å². The SMILES string of the molecule is COc1ccc(-c2c(C=O)ccc(F)c2F)cc1. The molecule has 0 radical (unpaired) electrons. The van der Waals surface area contributed by atoms with E-state index >= 15 is 0 Å². The van der Waals surface area contributed by atoms with Gasteiger partial charge in [-0.15, -0.1) is 0 Å². The lowest BCUT2D eigenvalue weighted by Crippen LogP contribution is -1.96. The minimum Gasteiger partial charge on any atom is -0.497 e. The van der Waals surface area contributed by atoms with Crippen molar-refractivity contribution in [3.8, 4) is 16.9 Å². The molecule has 0 amide bonds. The van der Waals surface area contributed by atoms with Gasteiger partial charge in [-0.05, 0) is 29.8 Å². The van der Waals surface area contributed by atoms with Crippen LogP contribution < -0.4 is 4.74 Å². The first kappa shape index (κ1) is 12.2. The molecule has 0 aromatic heterocycles. The highest BCUT2D eigenvalue weighted by molar-refractivity contribution is 5.87. The van der Waals surface area contributed by atoms with Gasteiger partial charge in [0.1, 0.15) is 5.75 Å². The quantitative estimate of drug-likeness (QED) is 0.777. The van der Waals surface area contributed by atoms with Crippen molar-refractivity contribution in [2.45, 2.75) is 0 Å². The second kappa shape index (κ2) is 4.96. The van der Waals surface area contributed by atoms with Crippen molar-refractivity contribution in [3.05, 3.63) is 53.6 Å². The molecule has 0 N–H and O–H groups in total. The standard InChI is InChI=1S/C14H10F2O2/c1-18-11-5-2-9(3-6-11)13-10(8-17)4-7-12(15)14(13)16/h2-8H,1H3. The second-order valence-electron chi connectivity index (χ2n) is 3.67. The third-order valence-electron chi connectivity index (χ3n) is 2.63. The van der Waals surface area contributed by atoms with E-state index in [9.17, 15) is 13.6 Å². The van der Waals surface area contributed by atoms with E-state index in [1.807, 2.05) is 0 Å². The Hall–Kier alpha value is -2.23. The topological polar surface area (TPSA) is 26.3 Å². The van der Waals surface area contributed by atoms with Gasteiger partial charge in [0.15, 0.2) is 17.9 Å². The summed E-state index contributed by atoms with van der Waals surface area (Å²) in [7, 11) is 1.51. The number of rotatable bonds is 3. The van der Waals surface area contributed by atoms with Crippen LogP contribution in [0.25, 0.3) is 11.1 Å². The lowest BCUT2D eigenvalue weighted by molar-refractivity contribution is 0.112. The summed E-state index contributed by atoms with van der Waals surface area (Å²) in [5, 5.41) is 0. The number of halogens is 2. The van der Waals surface area contributed by atoms with E-state index in [0.717, 1.165) is 6.07 Å². The third kappa shape index (κ3) is 2.09. The van der Waals surface area contributed by atoms with Crippen LogP contribution in [-0.4, -0.2) is 13.4 Å². The number of aldehydes is 1. The van der Waals surface area contributed by atoms with Crippen LogP contribution in [-0.2, 0) is 0 Å². The highest BCUT2D eigenvalue weighted by Crippen LogP contribution is 2.29. The zero-order chi connectivity index (χ0) is 13.1. The molecule has 2 aromatic rings. The monoisotopic (exact) mass is 248 g/mol. The Morgan fingerprint density at radius 2 is 1.72 bits per heavy atom. The Labute approximate surface area is 103 Å². The van der Waals surface area contributed by atoms with E-state index in [-0.39, 0.29) is 11.1 Å². The summed E-state index contributed by atoms with van der Waals surface area (Å²) >= 11 is 0. The Morgan fingerprint density at radius 1 is 1.06 bits per heavy atom. The van der Waals surface area contributed by atoms with Gasteiger partial charge < -0.3 is 4.74 Å². The first-order valence-corrected chi connectivity index (χ1v) is 5.25. The number of benzene rings is 2. The van der Waals surface area contributed by atoms with E-state index in [1.165, 1.54) is 13.2 Å². The molecule has 0 aliphatic rings. The first-order valence-electron chi connectivity index (χ1n) is 5.25. The Morgan fingerprint density at radius 3 is 2.28 bits per heavy atom. The van der Waals surface area contributed by atoms with Crippen LogP contribution in [0.5, 0.6) is 5.75 Å². The highest BCUT2D eigenvalue weighted by atomic mass is 19.2. The number of hydrogen-bond acceptors (Lipinski definition) is 2. The maximum absolute atomic E-state index is 13.8. The maximum atomic E-state index is 13.8. The summed E-state index contributed by atoms with van der Waals surface area (Å²) in [5.41, 5.74) is 0.501. The molecule has 0 saturated carbocycles. The molecular formula is C14H10F2O2. The van der Waals surface area contributed by atoms with Crippen LogP contribution in [0.4, 0.5) is 8.78 Å². The second-order valence-corrected chi connectivity index (χ2v) is 3.67. The van der Waals surface area contributed by atoms with Gasteiger partial charge in [-0.1, -0.05) is 12.1 Å². The number of carbonyl (C=O) groups excluding carboxylic acids is 1. The largest absolute Gasteiger partial charge is 0.497 e. The molecule has 0 heterocycles. The van der Waals surface area contributed by atoms with E-state index < -0.39 is 11.6 Å². The summed E-state index contributed by atoms with van der Waals surface area (Å²) in [5.74, 6) is -1.40. The van der Waals surface area contributed by atoms with Gasteiger partial charge in [-0.3, -0.25) is 4.79 Å². The van der Waals surface area contributed by atoms with Crippen LogP contribution >= 0.6 is 0 Å². The summed E-state index contributed by atoms with van der Waals surface area (Å²) in [6, 6.07) is 8.58. The smallest absolute Gasteiger partial charge is 0.167 e. The van der Waals surface area contributed by atoms with Gasteiger partial charge in [0.05, 0.1) is 7.11 Å². The molecule has 2 nitrogen and oxygen atoms in total. The molecule has 92 valence electrons. The van der Waals surface area contributed by atoms with Crippen molar-refractivity contribution >= 4 is 6.29 Å². The van der Waals surface area contributed by atoms with Gasteiger partial charge in [0.2, 0.25) is 0 Å². The molecule has 4 heteroatoms. The van der Waals surface area contributed by atoms with Gasteiger partial charge in [-0.25, -0.2) is 8.78 Å². The number of ether oxygens (including phenoxy) is 1. The van der Waals surface area contributed by atoms with Crippen LogP contribution in [0.2, 0.25) is 0 Å². The summed E-state index contributed by atoms with van der Waals surface area (Å²) in [6.45, 7) is 0. The lowest BCUT2D eigenvalue weighted by Gasteiger charge is -2.08. The third-order valence-corrected chi connectivity index (χ3v) is 2.63. The van der Waals surface area contributed by atoms with Gasteiger partial charge in [0.25, 0.3) is 0 Å². The van der Waals surface area contributed by atoms with Crippen LogP contribution in [0.15, 0.2) is 36.4 Å². The zero-order valence-electron chi connectivity index (χ0n) is 9.61. The Kier molecular flexibility index (Phi) is 3.37. The molecule has 2 aromatic carbocycles. The van der Waals surface area contributed by atoms with Crippen LogP contribution in [0.3, 0.4) is 0 Å². The predicted molar refractivity (Wildman–Crippen MR) is 63.7 cm³/mol. The molecule has 0 aliphatic heterocycles. The van der Waals surface area contributed by atoms with E-state index in [1.54, 1.807) is 24.3 Å². The molecule has 0 aliphatic carbocycles. The van der Waals surface area contributed by atoms with Crippen molar-refractivity contribution in [1.29, 1.82) is 0 Å². The van der Waals surface area contributed by atoms with Gasteiger partial charge in [0, 0.05) is 11.1 Å². The number of methoxy groups -OCH3 is 1. The predicted octanol–water partition coefficient (Wildman–Crippen LogP) is 3.45. The molecule has 0 saturated heterocycles. The minimum absolute atomic E-state index is 0.0346. The molecule has 0 unspecified atom stereocenters. The van der Waals surface area contributed by atoms with Gasteiger partial charge in [-0.2, -0.15) is 0 Å². The van der Waals surface area contributed by atoms with Crippen molar-refractivity contribution in [2.24, 2.45) is 0 Å². The molecule has 18 heavy (non-hydrogen) atoms. The Balaban J connectivity index is 2.61. The Bertz CT molecular complexity index is 577. The molecule has 2 rings (SSSR count). The normalized spacial score (nSPS) is 10.2. The lowest BCUT2D eigenvalue weighted by atomic mass is 9.99. The molecule has 0 spiro atoms. The van der Waals surface area contributed by atoms with Crippen molar-refractivity contribution < 1.29 is 18.3 Å². The van der Waals surface area contributed by atoms with Crippen molar-refractivity contribution in [3.63, 3.8) is 0 Å². The molecule has 0 fully saturated rings. The molecule has 0 bridgehead atoms. The summed E-state index contributed by atoms with van der Waals surface area (Å²) in [6.07, 6.45) is 0.502. The van der Waals surface area contributed by atoms with Crippen molar-refractivity contribution in [2.75, 3.05) is 7.11 Å². The van der Waals surface area contributed by atoms with Crippen LogP contribution in [0, 0.1) is 11.6 Å². The first-order chi connectivity index (χ1) is 8.67. The zero-order valence-corrected chi connectivity index (χ0v) is 9.61. The minimum atomic E-state index is -1.02. The fourth-order valence-corrected chi connectivity index (χ4v) is 1.71. The van der Waals surface area contributed by atoms with E-state index in [2.05, 4.69) is 0 Å². The average molecular weight is 248 g/mol. The van der Waals surface area contributed by atoms with E-state index in [0.29, 0.717) is 17.6 Å². The van der Waals surface area contributed by atoms with Crippen molar-refractivity contribution in [1.82, 2.24) is 0 Å². The van der Waals surface area contributed by atoms with Gasteiger partial charge >= 0.3 is 0 Å². The fourth-order valence-electron chi connectivity index (χ4n) is 1.71. The highest BCUT2D eigenvalue weighted by Gasteiger charge is 2.14. The number of carbonyl (C=O) groups is 1. The summed E-state index contributed by atoms with van der Waals surface area (Å²) in [4.78, 5) is 10.9. The molecular weight excluding hydrogens is 238 g/mol. The average Bonchev–Trinajstić information content (AvgIpc) is 2.42.